The van der Waals surface area contributed by atoms with E-state index in [9.17, 15) is 5.11 Å². The average Bonchev–Trinajstić information content (AvgIpc) is 2.36. The summed E-state index contributed by atoms with van der Waals surface area (Å²) in [4.78, 5) is 2.14. The summed E-state index contributed by atoms with van der Waals surface area (Å²) in [5, 5.41) is 9.18. The summed E-state index contributed by atoms with van der Waals surface area (Å²) in [6, 6.07) is 6.66. The Hall–Kier alpha value is -1.06. The maximum absolute atomic E-state index is 9.18. The molecule has 1 aliphatic heterocycles. The first-order chi connectivity index (χ1) is 8.60. The van der Waals surface area contributed by atoms with Crippen molar-refractivity contribution in [2.24, 2.45) is 5.92 Å². The quantitative estimate of drug-likeness (QED) is 0.889. The smallest absolute Gasteiger partial charge is 0.142 e. The lowest BCUT2D eigenvalue weighted by Crippen LogP contribution is -2.40. The van der Waals surface area contributed by atoms with E-state index in [-0.39, 0.29) is 12.6 Å². The molecule has 0 amide bonds. The third-order valence-corrected chi connectivity index (χ3v) is 3.42. The summed E-state index contributed by atoms with van der Waals surface area (Å²) in [6.45, 7) is 8.07. The lowest BCUT2D eigenvalue weighted by atomic mass is 10.0. The van der Waals surface area contributed by atoms with Crippen LogP contribution in [-0.4, -0.2) is 29.4 Å². The monoisotopic (exact) mass is 249 g/mol. The van der Waals surface area contributed by atoms with Crippen LogP contribution in [0.5, 0.6) is 5.75 Å². The molecule has 0 aromatic heterocycles. The van der Waals surface area contributed by atoms with E-state index in [2.05, 4.69) is 36.9 Å². The van der Waals surface area contributed by atoms with E-state index in [1.165, 1.54) is 11.1 Å². The molecule has 0 spiro atoms. The van der Waals surface area contributed by atoms with E-state index in [1.807, 2.05) is 6.92 Å². The van der Waals surface area contributed by atoms with Gasteiger partial charge in [-0.15, -0.1) is 0 Å². The van der Waals surface area contributed by atoms with Crippen molar-refractivity contribution in [2.45, 2.75) is 39.8 Å². The molecule has 0 saturated carbocycles. The molecule has 1 heterocycles. The van der Waals surface area contributed by atoms with E-state index < -0.39 is 0 Å². The molecule has 0 saturated heterocycles. The molecule has 100 valence electrons. The minimum Gasteiger partial charge on any atom is -0.478 e. The van der Waals surface area contributed by atoms with Crippen molar-refractivity contribution < 1.29 is 9.84 Å². The third-order valence-electron chi connectivity index (χ3n) is 3.42. The van der Waals surface area contributed by atoms with Crippen LogP contribution in [0.1, 0.15) is 31.9 Å². The van der Waals surface area contributed by atoms with Crippen LogP contribution < -0.4 is 4.74 Å². The first-order valence-corrected chi connectivity index (χ1v) is 6.69. The summed E-state index contributed by atoms with van der Waals surface area (Å²) in [5.74, 6) is 1.67. The van der Waals surface area contributed by atoms with Crippen LogP contribution in [-0.2, 0) is 13.0 Å². The van der Waals surface area contributed by atoms with Crippen LogP contribution >= 0.6 is 0 Å². The third kappa shape index (κ3) is 3.03. The molecule has 18 heavy (non-hydrogen) atoms. The van der Waals surface area contributed by atoms with Gasteiger partial charge < -0.3 is 9.84 Å². The Morgan fingerprint density at radius 3 is 2.78 bits per heavy atom. The van der Waals surface area contributed by atoms with Gasteiger partial charge >= 0.3 is 0 Å². The Bertz CT molecular complexity index is 403. The first-order valence-electron chi connectivity index (χ1n) is 6.69. The zero-order chi connectivity index (χ0) is 13.1. The summed E-state index contributed by atoms with van der Waals surface area (Å²) in [6.07, 6.45) is 1.09. The van der Waals surface area contributed by atoms with Gasteiger partial charge in [0.15, 0.2) is 0 Å². The van der Waals surface area contributed by atoms with Crippen LogP contribution in [0.4, 0.5) is 0 Å². The zero-order valence-corrected chi connectivity index (χ0v) is 11.5. The van der Waals surface area contributed by atoms with Crippen LogP contribution in [0, 0.1) is 5.92 Å². The van der Waals surface area contributed by atoms with Crippen molar-refractivity contribution in [2.75, 3.05) is 13.3 Å². The lowest BCUT2D eigenvalue weighted by Gasteiger charge is -2.32. The van der Waals surface area contributed by atoms with Gasteiger partial charge in [-0.2, -0.15) is 0 Å². The molecule has 2 rings (SSSR count). The molecule has 1 aliphatic rings. The van der Waals surface area contributed by atoms with Gasteiger partial charge in [0.2, 0.25) is 0 Å². The van der Waals surface area contributed by atoms with E-state index >= 15 is 0 Å². The highest BCUT2D eigenvalue weighted by Gasteiger charge is 2.21. The van der Waals surface area contributed by atoms with E-state index in [4.69, 9.17) is 4.74 Å². The SMILES string of the molecule is CC(C)Cc1ccc2c(c1)OCN(C(C)CO)C2. The molecule has 0 bridgehead atoms. The maximum Gasteiger partial charge on any atom is 0.142 e. The summed E-state index contributed by atoms with van der Waals surface area (Å²) >= 11 is 0. The second kappa shape index (κ2) is 5.72. The van der Waals surface area contributed by atoms with E-state index in [0.29, 0.717) is 12.6 Å². The van der Waals surface area contributed by atoms with Gasteiger partial charge in [-0.3, -0.25) is 4.90 Å². The first kappa shape index (κ1) is 13.4. The van der Waals surface area contributed by atoms with Gasteiger partial charge in [0.1, 0.15) is 12.5 Å². The fraction of sp³-hybridized carbons (Fsp3) is 0.600. The van der Waals surface area contributed by atoms with Crippen molar-refractivity contribution in [1.82, 2.24) is 4.90 Å². The number of aliphatic hydroxyl groups is 1. The molecular weight excluding hydrogens is 226 g/mol. The number of nitrogens with zero attached hydrogens (tertiary/aromatic N) is 1. The number of fused-ring (bicyclic) bond motifs is 1. The van der Waals surface area contributed by atoms with E-state index in [0.717, 1.165) is 18.7 Å². The fourth-order valence-corrected chi connectivity index (χ4v) is 2.28. The summed E-state index contributed by atoms with van der Waals surface area (Å²) in [5.41, 5.74) is 2.56. The molecule has 0 aliphatic carbocycles. The van der Waals surface area contributed by atoms with Crippen molar-refractivity contribution >= 4 is 0 Å². The van der Waals surface area contributed by atoms with Gasteiger partial charge in [-0.05, 0) is 30.9 Å². The molecular formula is C15H23NO2. The number of hydrogen-bond donors (Lipinski definition) is 1. The van der Waals surface area contributed by atoms with Crippen molar-refractivity contribution in [3.05, 3.63) is 29.3 Å². The Kier molecular flexibility index (Phi) is 4.25. The second-order valence-electron chi connectivity index (χ2n) is 5.59. The number of benzene rings is 1. The summed E-state index contributed by atoms with van der Waals surface area (Å²) in [7, 11) is 0. The molecule has 1 atom stereocenters. The standard InChI is InChI=1S/C15H23NO2/c1-11(2)6-13-4-5-14-8-16(12(3)9-17)10-18-15(14)7-13/h4-5,7,11-12,17H,6,8-10H2,1-3H3. The number of hydrogen-bond acceptors (Lipinski definition) is 3. The van der Waals surface area contributed by atoms with Gasteiger partial charge in [-0.1, -0.05) is 26.0 Å². The Balaban J connectivity index is 2.10. The Morgan fingerprint density at radius 1 is 1.33 bits per heavy atom. The van der Waals surface area contributed by atoms with Crippen LogP contribution in [0.15, 0.2) is 18.2 Å². The largest absolute Gasteiger partial charge is 0.478 e. The zero-order valence-electron chi connectivity index (χ0n) is 11.5. The molecule has 1 N–H and O–H groups in total. The number of rotatable bonds is 4. The molecule has 1 aromatic carbocycles. The minimum absolute atomic E-state index is 0.147. The minimum atomic E-state index is 0.147. The van der Waals surface area contributed by atoms with E-state index in [1.54, 1.807) is 0 Å². The van der Waals surface area contributed by atoms with Crippen molar-refractivity contribution in [1.29, 1.82) is 0 Å². The predicted molar refractivity (Wildman–Crippen MR) is 72.6 cm³/mol. The molecule has 1 aromatic rings. The van der Waals surface area contributed by atoms with Gasteiger partial charge in [0.25, 0.3) is 0 Å². The Morgan fingerprint density at radius 2 is 2.11 bits per heavy atom. The second-order valence-corrected chi connectivity index (χ2v) is 5.59. The topological polar surface area (TPSA) is 32.7 Å². The van der Waals surface area contributed by atoms with Crippen LogP contribution in [0.2, 0.25) is 0 Å². The normalized spacial score (nSPS) is 17.4. The average molecular weight is 249 g/mol. The highest BCUT2D eigenvalue weighted by molar-refractivity contribution is 5.38. The van der Waals surface area contributed by atoms with Gasteiger partial charge in [0.05, 0.1) is 6.61 Å². The highest BCUT2D eigenvalue weighted by Crippen LogP contribution is 2.27. The Labute approximate surface area is 109 Å². The fourth-order valence-electron chi connectivity index (χ4n) is 2.28. The predicted octanol–water partition coefficient (Wildman–Crippen LogP) is 2.42. The van der Waals surface area contributed by atoms with Crippen molar-refractivity contribution in [3.63, 3.8) is 0 Å². The van der Waals surface area contributed by atoms with Crippen LogP contribution in [0.3, 0.4) is 0 Å². The maximum atomic E-state index is 9.18. The molecule has 3 nitrogen and oxygen atoms in total. The van der Waals surface area contributed by atoms with Crippen LogP contribution in [0.25, 0.3) is 0 Å². The van der Waals surface area contributed by atoms with Crippen molar-refractivity contribution in [3.8, 4) is 5.75 Å². The molecule has 3 heteroatoms. The molecule has 1 unspecified atom stereocenters. The number of ether oxygens (including phenoxy) is 1. The molecule has 0 fully saturated rings. The van der Waals surface area contributed by atoms with Gasteiger partial charge in [0, 0.05) is 18.2 Å². The highest BCUT2D eigenvalue weighted by atomic mass is 16.5. The molecule has 0 radical (unpaired) electrons. The van der Waals surface area contributed by atoms with Gasteiger partial charge in [-0.25, -0.2) is 0 Å². The number of aliphatic hydroxyl groups excluding tert-OH is 1. The lowest BCUT2D eigenvalue weighted by molar-refractivity contribution is 0.0374. The summed E-state index contributed by atoms with van der Waals surface area (Å²) < 4.78 is 5.80.